The van der Waals surface area contributed by atoms with Crippen LogP contribution in [0.2, 0.25) is 0 Å². The summed E-state index contributed by atoms with van der Waals surface area (Å²) in [5.74, 6) is 1.51. The standard InChI is InChI=1S/C22H23F3N6O2/c1-12(14-5-4-6-15(7-14)22(23,24)25)26-18-16-8-30(19(32)21(3)10-33-11-21)9-17(16)31-13(2)28-29-20(31)27-18/h4-7,12H,8-11H2,1-3H3,(H,26,27,29). The lowest BCUT2D eigenvalue weighted by Crippen LogP contribution is -2.52. The van der Waals surface area contributed by atoms with Gasteiger partial charge in [0.15, 0.2) is 0 Å². The van der Waals surface area contributed by atoms with E-state index >= 15 is 0 Å². The van der Waals surface area contributed by atoms with Gasteiger partial charge in [0.1, 0.15) is 11.6 Å². The van der Waals surface area contributed by atoms with Crippen LogP contribution in [-0.2, 0) is 28.8 Å². The normalized spacial score (nSPS) is 18.2. The van der Waals surface area contributed by atoms with Crippen molar-refractivity contribution < 1.29 is 22.7 Å². The molecule has 174 valence electrons. The molecule has 1 amide bonds. The van der Waals surface area contributed by atoms with Crippen LogP contribution < -0.4 is 5.32 Å². The van der Waals surface area contributed by atoms with E-state index in [1.807, 2.05) is 18.2 Å². The predicted octanol–water partition coefficient (Wildman–Crippen LogP) is 3.50. The number of nitrogens with one attached hydrogen (secondary N) is 1. The van der Waals surface area contributed by atoms with Crippen LogP contribution in [0, 0.1) is 12.3 Å². The molecule has 3 aromatic rings. The van der Waals surface area contributed by atoms with Crippen LogP contribution in [0.1, 0.15) is 48.1 Å². The second-order valence-electron chi connectivity index (χ2n) is 8.97. The molecule has 2 aliphatic rings. The van der Waals surface area contributed by atoms with Gasteiger partial charge in [-0.25, -0.2) is 0 Å². The Morgan fingerprint density at radius 3 is 2.67 bits per heavy atom. The molecule has 0 saturated carbocycles. The summed E-state index contributed by atoms with van der Waals surface area (Å²) in [6.45, 7) is 6.94. The SMILES string of the molecule is Cc1nnc2nc(NC(C)c3cccc(C(F)(F)F)c3)c3c(n12)CN(C(=O)C1(C)COC1)C3. The van der Waals surface area contributed by atoms with Gasteiger partial charge in [-0.05, 0) is 38.5 Å². The Labute approximate surface area is 187 Å². The lowest BCUT2D eigenvalue weighted by atomic mass is 9.87. The highest BCUT2D eigenvalue weighted by atomic mass is 19.4. The summed E-state index contributed by atoms with van der Waals surface area (Å²) in [5.41, 5.74) is 0.876. The number of aryl methyl sites for hydroxylation is 1. The average molecular weight is 460 g/mol. The zero-order valence-corrected chi connectivity index (χ0v) is 18.4. The second-order valence-corrected chi connectivity index (χ2v) is 8.97. The molecule has 1 atom stereocenters. The number of rotatable bonds is 4. The van der Waals surface area contributed by atoms with E-state index in [-0.39, 0.29) is 5.91 Å². The van der Waals surface area contributed by atoms with E-state index in [1.54, 1.807) is 17.9 Å². The van der Waals surface area contributed by atoms with E-state index < -0.39 is 23.2 Å². The number of benzene rings is 1. The number of amides is 1. The Bertz CT molecular complexity index is 1250. The Morgan fingerprint density at radius 1 is 1.24 bits per heavy atom. The highest BCUT2D eigenvalue weighted by Crippen LogP contribution is 2.37. The van der Waals surface area contributed by atoms with Gasteiger partial charge in [0, 0.05) is 11.6 Å². The minimum atomic E-state index is -4.42. The van der Waals surface area contributed by atoms with Crippen LogP contribution in [0.4, 0.5) is 19.0 Å². The molecule has 1 N–H and O–H groups in total. The predicted molar refractivity (Wildman–Crippen MR) is 112 cm³/mol. The highest BCUT2D eigenvalue weighted by Gasteiger charge is 2.45. The third-order valence-corrected chi connectivity index (χ3v) is 6.33. The van der Waals surface area contributed by atoms with Gasteiger partial charge in [0.25, 0.3) is 5.78 Å². The number of anilines is 1. The molecule has 1 fully saturated rings. The number of alkyl halides is 3. The minimum absolute atomic E-state index is 0.000652. The smallest absolute Gasteiger partial charge is 0.379 e. The number of ether oxygens (including phenoxy) is 1. The summed E-state index contributed by atoms with van der Waals surface area (Å²) in [4.78, 5) is 19.5. The number of halogens is 3. The summed E-state index contributed by atoms with van der Waals surface area (Å²) in [6, 6.07) is 4.75. The molecule has 5 rings (SSSR count). The molecule has 0 aliphatic carbocycles. The quantitative estimate of drug-likeness (QED) is 0.642. The molecule has 0 spiro atoms. The lowest BCUT2D eigenvalue weighted by molar-refractivity contribution is -0.169. The summed E-state index contributed by atoms with van der Waals surface area (Å²) in [7, 11) is 0. The van der Waals surface area contributed by atoms with Gasteiger partial charge in [-0.15, -0.1) is 10.2 Å². The number of carbonyl (C=O) groups excluding carboxylic acids is 1. The van der Waals surface area contributed by atoms with Crippen LogP contribution in [0.25, 0.3) is 5.78 Å². The van der Waals surface area contributed by atoms with Crippen molar-refractivity contribution in [3.63, 3.8) is 0 Å². The van der Waals surface area contributed by atoms with Crippen LogP contribution >= 0.6 is 0 Å². The Morgan fingerprint density at radius 2 is 2.00 bits per heavy atom. The second kappa shape index (κ2) is 7.41. The molecule has 0 radical (unpaired) electrons. The van der Waals surface area contributed by atoms with Crippen molar-refractivity contribution in [3.8, 4) is 0 Å². The molecule has 4 heterocycles. The summed E-state index contributed by atoms with van der Waals surface area (Å²) >= 11 is 0. The maximum atomic E-state index is 13.2. The Balaban J connectivity index is 1.49. The first-order valence-electron chi connectivity index (χ1n) is 10.6. The van der Waals surface area contributed by atoms with Gasteiger partial charge in [0.05, 0.1) is 43.0 Å². The van der Waals surface area contributed by atoms with Crippen molar-refractivity contribution in [3.05, 3.63) is 52.5 Å². The van der Waals surface area contributed by atoms with Crippen LogP contribution in [0.5, 0.6) is 0 Å². The van der Waals surface area contributed by atoms with Crippen LogP contribution in [0.3, 0.4) is 0 Å². The summed E-state index contributed by atoms with van der Waals surface area (Å²) < 4.78 is 46.6. The molecule has 1 aromatic carbocycles. The van der Waals surface area contributed by atoms with Crippen molar-refractivity contribution in [2.45, 2.75) is 46.1 Å². The maximum absolute atomic E-state index is 13.2. The molecular formula is C22H23F3N6O2. The number of hydrogen-bond donors (Lipinski definition) is 1. The summed E-state index contributed by atoms with van der Waals surface area (Å²) in [6.07, 6.45) is -4.42. The third-order valence-electron chi connectivity index (χ3n) is 6.33. The molecule has 33 heavy (non-hydrogen) atoms. The first kappa shape index (κ1) is 21.6. The van der Waals surface area contributed by atoms with Crippen molar-refractivity contribution in [2.75, 3.05) is 18.5 Å². The molecule has 1 unspecified atom stereocenters. The maximum Gasteiger partial charge on any atom is 0.416 e. The van der Waals surface area contributed by atoms with E-state index in [0.29, 0.717) is 49.3 Å². The average Bonchev–Trinajstić information content (AvgIpc) is 3.35. The fraction of sp³-hybridized carbons (Fsp3) is 0.455. The zero-order valence-electron chi connectivity index (χ0n) is 18.4. The van der Waals surface area contributed by atoms with Crippen molar-refractivity contribution in [2.24, 2.45) is 5.41 Å². The van der Waals surface area contributed by atoms with Gasteiger partial charge >= 0.3 is 6.18 Å². The van der Waals surface area contributed by atoms with Gasteiger partial charge in [-0.2, -0.15) is 18.2 Å². The fourth-order valence-corrected chi connectivity index (χ4v) is 4.39. The topological polar surface area (TPSA) is 84.7 Å². The van der Waals surface area contributed by atoms with Gasteiger partial charge in [0.2, 0.25) is 5.91 Å². The molecular weight excluding hydrogens is 437 g/mol. The van der Waals surface area contributed by atoms with E-state index in [9.17, 15) is 18.0 Å². The van der Waals surface area contributed by atoms with Crippen LogP contribution in [0.15, 0.2) is 24.3 Å². The summed E-state index contributed by atoms with van der Waals surface area (Å²) in [5, 5.41) is 11.5. The Kier molecular flexibility index (Phi) is 4.85. The molecule has 8 nitrogen and oxygen atoms in total. The molecule has 1 saturated heterocycles. The van der Waals surface area contributed by atoms with Gasteiger partial charge in [-0.1, -0.05) is 12.1 Å². The van der Waals surface area contributed by atoms with E-state index in [1.165, 1.54) is 6.07 Å². The van der Waals surface area contributed by atoms with Crippen LogP contribution in [-0.4, -0.2) is 43.6 Å². The number of hydrogen-bond acceptors (Lipinski definition) is 6. The molecule has 11 heteroatoms. The number of carbonyl (C=O) groups is 1. The van der Waals surface area contributed by atoms with E-state index in [0.717, 1.165) is 23.4 Å². The number of aromatic nitrogens is 4. The Hall–Kier alpha value is -3.21. The monoisotopic (exact) mass is 460 g/mol. The molecule has 2 aliphatic heterocycles. The lowest BCUT2D eigenvalue weighted by Gasteiger charge is -2.39. The van der Waals surface area contributed by atoms with Crippen molar-refractivity contribution in [1.29, 1.82) is 0 Å². The number of fused-ring (bicyclic) bond motifs is 3. The first-order valence-corrected chi connectivity index (χ1v) is 10.6. The minimum Gasteiger partial charge on any atom is -0.379 e. The fourth-order valence-electron chi connectivity index (χ4n) is 4.39. The number of nitrogens with zero attached hydrogens (tertiary/aromatic N) is 5. The molecule has 0 bridgehead atoms. The third kappa shape index (κ3) is 3.60. The largest absolute Gasteiger partial charge is 0.416 e. The van der Waals surface area contributed by atoms with Gasteiger partial charge < -0.3 is 15.0 Å². The zero-order chi connectivity index (χ0) is 23.5. The van der Waals surface area contributed by atoms with E-state index in [4.69, 9.17) is 4.74 Å². The van der Waals surface area contributed by atoms with Crippen molar-refractivity contribution in [1.82, 2.24) is 24.5 Å². The first-order chi connectivity index (χ1) is 15.6. The van der Waals surface area contributed by atoms with E-state index in [2.05, 4.69) is 20.5 Å². The van der Waals surface area contributed by atoms with Gasteiger partial charge in [-0.3, -0.25) is 9.20 Å². The molecule has 2 aromatic heterocycles. The highest BCUT2D eigenvalue weighted by molar-refractivity contribution is 5.84. The van der Waals surface area contributed by atoms with Crippen molar-refractivity contribution >= 4 is 17.5 Å².